The quantitative estimate of drug-likeness (QED) is 0.590. The lowest BCUT2D eigenvalue weighted by Gasteiger charge is -2.16. The molecule has 0 unspecified atom stereocenters. The number of guanidine groups is 1. The molecule has 1 aromatic heterocycles. The minimum atomic E-state index is 0.570. The number of nitrogens with one attached hydrogen (secondary N) is 2. The smallest absolute Gasteiger partial charge is 0.191 e. The van der Waals surface area contributed by atoms with Gasteiger partial charge in [0, 0.05) is 20.1 Å². The molecule has 2 N–H and O–H groups in total. The first-order valence-electron chi connectivity index (χ1n) is 6.09. The van der Waals surface area contributed by atoms with Gasteiger partial charge in [-0.2, -0.15) is 0 Å². The Bertz CT molecular complexity index is 377. The van der Waals surface area contributed by atoms with E-state index in [1.54, 1.807) is 13.4 Å². The molecule has 6 nitrogen and oxygen atoms in total. The molecular formula is C11H20N6. The molecule has 1 heterocycles. The molecular weight excluding hydrogens is 216 g/mol. The van der Waals surface area contributed by atoms with Crippen LogP contribution in [0.15, 0.2) is 11.3 Å². The largest absolute Gasteiger partial charge is 0.354 e. The second kappa shape index (κ2) is 5.65. The third-order valence-electron chi connectivity index (χ3n) is 3.14. The fourth-order valence-electron chi connectivity index (χ4n) is 2.09. The van der Waals surface area contributed by atoms with Crippen molar-refractivity contribution in [2.24, 2.45) is 12.0 Å². The third kappa shape index (κ3) is 3.18. The number of nitrogens with zero attached hydrogens (tertiary/aromatic N) is 4. The zero-order valence-corrected chi connectivity index (χ0v) is 10.5. The lowest BCUT2D eigenvalue weighted by Crippen LogP contribution is -2.42. The Morgan fingerprint density at radius 2 is 2.29 bits per heavy atom. The zero-order chi connectivity index (χ0) is 12.1. The van der Waals surface area contributed by atoms with Crippen molar-refractivity contribution in [2.75, 3.05) is 7.05 Å². The highest BCUT2D eigenvalue weighted by molar-refractivity contribution is 5.79. The maximum Gasteiger partial charge on any atom is 0.191 e. The molecule has 0 radical (unpaired) electrons. The van der Waals surface area contributed by atoms with Crippen molar-refractivity contribution in [1.29, 1.82) is 0 Å². The molecule has 2 rings (SSSR count). The van der Waals surface area contributed by atoms with Gasteiger partial charge in [-0.3, -0.25) is 4.99 Å². The molecule has 0 aromatic carbocycles. The Labute approximate surface area is 102 Å². The number of aliphatic imine (C=N–C) groups is 1. The molecule has 1 aliphatic carbocycles. The van der Waals surface area contributed by atoms with Crippen molar-refractivity contribution in [3.8, 4) is 0 Å². The summed E-state index contributed by atoms with van der Waals surface area (Å²) in [5, 5.41) is 14.5. The molecule has 0 saturated heterocycles. The van der Waals surface area contributed by atoms with Gasteiger partial charge >= 0.3 is 0 Å². The minimum absolute atomic E-state index is 0.570. The number of aromatic nitrogens is 3. The van der Waals surface area contributed by atoms with Gasteiger partial charge in [-0.25, -0.2) is 0 Å². The highest BCUT2D eigenvalue weighted by Crippen LogP contribution is 2.17. The fraction of sp³-hybridized carbons (Fsp3) is 0.727. The standard InChI is InChI=1S/C11H20N6/c1-12-11(15-9-5-3-4-6-9)13-7-10-16-14-8-17(10)2/h8-9H,3-7H2,1-2H3,(H2,12,13,15). The molecule has 0 atom stereocenters. The van der Waals surface area contributed by atoms with Crippen LogP contribution in [0, 0.1) is 0 Å². The van der Waals surface area contributed by atoms with Crippen molar-refractivity contribution in [2.45, 2.75) is 38.3 Å². The number of aryl methyl sites for hydroxylation is 1. The summed E-state index contributed by atoms with van der Waals surface area (Å²) in [6, 6.07) is 0.570. The highest BCUT2D eigenvalue weighted by Gasteiger charge is 2.15. The van der Waals surface area contributed by atoms with Gasteiger partial charge in [-0.15, -0.1) is 10.2 Å². The predicted octanol–water partition coefficient (Wildman–Crippen LogP) is 0.423. The Morgan fingerprint density at radius 3 is 2.88 bits per heavy atom. The van der Waals surface area contributed by atoms with Crippen LogP contribution >= 0.6 is 0 Å². The molecule has 1 saturated carbocycles. The van der Waals surface area contributed by atoms with Gasteiger partial charge in [0.15, 0.2) is 11.8 Å². The van der Waals surface area contributed by atoms with Crippen molar-refractivity contribution < 1.29 is 0 Å². The lowest BCUT2D eigenvalue weighted by atomic mass is 10.2. The molecule has 6 heteroatoms. The summed E-state index contributed by atoms with van der Waals surface area (Å²) in [5.74, 6) is 1.75. The van der Waals surface area contributed by atoms with E-state index in [2.05, 4.69) is 25.8 Å². The van der Waals surface area contributed by atoms with Crippen molar-refractivity contribution in [3.05, 3.63) is 12.2 Å². The van der Waals surface area contributed by atoms with E-state index in [1.807, 2.05) is 11.6 Å². The van der Waals surface area contributed by atoms with Crippen LogP contribution < -0.4 is 10.6 Å². The van der Waals surface area contributed by atoms with E-state index >= 15 is 0 Å². The summed E-state index contributed by atoms with van der Waals surface area (Å²) in [7, 11) is 3.73. The highest BCUT2D eigenvalue weighted by atomic mass is 15.3. The van der Waals surface area contributed by atoms with Gasteiger partial charge in [-0.05, 0) is 12.8 Å². The Kier molecular flexibility index (Phi) is 3.95. The average Bonchev–Trinajstić information content (AvgIpc) is 2.96. The van der Waals surface area contributed by atoms with E-state index in [9.17, 15) is 0 Å². The van der Waals surface area contributed by atoms with Crippen molar-refractivity contribution >= 4 is 5.96 Å². The molecule has 0 spiro atoms. The van der Waals surface area contributed by atoms with Gasteiger partial charge < -0.3 is 15.2 Å². The Hall–Kier alpha value is -1.59. The summed E-state index contributed by atoms with van der Waals surface area (Å²) >= 11 is 0. The summed E-state index contributed by atoms with van der Waals surface area (Å²) in [5.41, 5.74) is 0. The minimum Gasteiger partial charge on any atom is -0.354 e. The van der Waals surface area contributed by atoms with Gasteiger partial charge in [0.05, 0.1) is 6.54 Å². The Balaban J connectivity index is 1.81. The van der Waals surface area contributed by atoms with Crippen LogP contribution in [0.25, 0.3) is 0 Å². The van der Waals surface area contributed by atoms with Gasteiger partial charge in [0.25, 0.3) is 0 Å². The van der Waals surface area contributed by atoms with Crippen LogP contribution in [0.5, 0.6) is 0 Å². The second-order valence-electron chi connectivity index (χ2n) is 4.41. The van der Waals surface area contributed by atoms with E-state index in [0.717, 1.165) is 11.8 Å². The molecule has 17 heavy (non-hydrogen) atoms. The molecule has 0 amide bonds. The molecule has 0 bridgehead atoms. The van der Waals surface area contributed by atoms with Gasteiger partial charge in [-0.1, -0.05) is 12.8 Å². The van der Waals surface area contributed by atoms with Gasteiger partial charge in [0.1, 0.15) is 6.33 Å². The van der Waals surface area contributed by atoms with Crippen LogP contribution in [0.4, 0.5) is 0 Å². The second-order valence-corrected chi connectivity index (χ2v) is 4.41. The van der Waals surface area contributed by atoms with Crippen LogP contribution in [0.1, 0.15) is 31.5 Å². The summed E-state index contributed by atoms with van der Waals surface area (Å²) < 4.78 is 1.90. The molecule has 1 fully saturated rings. The number of hydrogen-bond donors (Lipinski definition) is 2. The summed E-state index contributed by atoms with van der Waals surface area (Å²) in [6.45, 7) is 0.642. The first kappa shape index (κ1) is 11.9. The number of hydrogen-bond acceptors (Lipinski definition) is 3. The van der Waals surface area contributed by atoms with Crippen molar-refractivity contribution in [3.63, 3.8) is 0 Å². The molecule has 1 aliphatic rings. The zero-order valence-electron chi connectivity index (χ0n) is 10.5. The normalized spacial score (nSPS) is 17.4. The average molecular weight is 236 g/mol. The Morgan fingerprint density at radius 1 is 1.53 bits per heavy atom. The maximum atomic E-state index is 4.22. The predicted molar refractivity (Wildman–Crippen MR) is 66.6 cm³/mol. The van der Waals surface area contributed by atoms with E-state index < -0.39 is 0 Å². The van der Waals surface area contributed by atoms with Crippen LogP contribution in [-0.2, 0) is 13.6 Å². The molecule has 1 aromatic rings. The van der Waals surface area contributed by atoms with Crippen LogP contribution in [0.3, 0.4) is 0 Å². The van der Waals surface area contributed by atoms with E-state index in [-0.39, 0.29) is 0 Å². The summed E-state index contributed by atoms with van der Waals surface area (Å²) in [6.07, 6.45) is 6.81. The monoisotopic (exact) mass is 236 g/mol. The van der Waals surface area contributed by atoms with E-state index in [0.29, 0.717) is 12.6 Å². The third-order valence-corrected chi connectivity index (χ3v) is 3.14. The lowest BCUT2D eigenvalue weighted by molar-refractivity contribution is 0.609. The van der Waals surface area contributed by atoms with Crippen molar-refractivity contribution in [1.82, 2.24) is 25.4 Å². The SMILES string of the molecule is CN=C(NCc1nncn1C)NC1CCCC1. The molecule has 0 aliphatic heterocycles. The maximum absolute atomic E-state index is 4.22. The van der Waals surface area contributed by atoms with Gasteiger partial charge in [0.2, 0.25) is 0 Å². The molecule has 94 valence electrons. The van der Waals surface area contributed by atoms with E-state index in [4.69, 9.17) is 0 Å². The number of rotatable bonds is 3. The fourth-order valence-corrected chi connectivity index (χ4v) is 2.09. The van der Waals surface area contributed by atoms with Crippen LogP contribution in [-0.4, -0.2) is 33.8 Å². The first-order chi connectivity index (χ1) is 8.29. The van der Waals surface area contributed by atoms with Crippen LogP contribution in [0.2, 0.25) is 0 Å². The topological polar surface area (TPSA) is 67.1 Å². The first-order valence-corrected chi connectivity index (χ1v) is 6.09. The van der Waals surface area contributed by atoms with E-state index in [1.165, 1.54) is 25.7 Å². The summed E-state index contributed by atoms with van der Waals surface area (Å²) in [4.78, 5) is 4.22.